The van der Waals surface area contributed by atoms with E-state index in [0.29, 0.717) is 24.6 Å². The summed E-state index contributed by atoms with van der Waals surface area (Å²) in [6.45, 7) is 5.34. The van der Waals surface area contributed by atoms with Crippen LogP contribution in [-0.2, 0) is 17.9 Å². The highest BCUT2D eigenvalue weighted by atomic mass is 35.5. The molecular weight excluding hydrogens is 420 g/mol. The fraction of sp³-hybridized carbons (Fsp3) is 0.238. The first-order chi connectivity index (χ1) is 14.5. The molecule has 0 aliphatic heterocycles. The van der Waals surface area contributed by atoms with Crippen LogP contribution >= 0.6 is 22.9 Å². The second kappa shape index (κ2) is 8.81. The van der Waals surface area contributed by atoms with Crippen molar-refractivity contribution in [2.45, 2.75) is 33.4 Å². The van der Waals surface area contributed by atoms with E-state index in [1.54, 1.807) is 11.0 Å². The average molecular weight is 441 g/mol. The monoisotopic (exact) mass is 440 g/mol. The molecule has 0 unspecified atom stereocenters. The van der Waals surface area contributed by atoms with Gasteiger partial charge in [-0.1, -0.05) is 29.8 Å². The van der Waals surface area contributed by atoms with Crippen LogP contribution in [0, 0.1) is 13.8 Å². The number of carbonyl (C=O) groups is 1. The fourth-order valence-electron chi connectivity index (χ4n) is 3.30. The maximum absolute atomic E-state index is 12.2. The van der Waals surface area contributed by atoms with Crippen LogP contribution in [0.2, 0.25) is 5.02 Å². The lowest BCUT2D eigenvalue weighted by Gasteiger charge is -2.11. The van der Waals surface area contributed by atoms with Gasteiger partial charge in [0.2, 0.25) is 5.91 Å². The van der Waals surface area contributed by atoms with Gasteiger partial charge in [0, 0.05) is 40.3 Å². The summed E-state index contributed by atoms with van der Waals surface area (Å²) in [6, 6.07) is 10.00. The zero-order chi connectivity index (χ0) is 21.1. The number of aromatic nitrogens is 5. The van der Waals surface area contributed by atoms with Crippen LogP contribution in [0.3, 0.4) is 0 Å². The highest BCUT2D eigenvalue weighted by Gasteiger charge is 2.15. The van der Waals surface area contributed by atoms with E-state index in [2.05, 4.69) is 44.9 Å². The van der Waals surface area contributed by atoms with Crippen LogP contribution in [0.4, 0.5) is 5.13 Å². The Labute approximate surface area is 183 Å². The van der Waals surface area contributed by atoms with Gasteiger partial charge in [0.1, 0.15) is 12.7 Å². The van der Waals surface area contributed by atoms with Crippen molar-refractivity contribution < 1.29 is 4.79 Å². The van der Waals surface area contributed by atoms with Crippen LogP contribution in [-0.4, -0.2) is 30.2 Å². The summed E-state index contributed by atoms with van der Waals surface area (Å²) in [5.74, 6) is -0.101. The smallest absolute Gasteiger partial charge is 0.228 e. The molecule has 0 aliphatic rings. The second-order valence-electron chi connectivity index (χ2n) is 6.96. The van der Waals surface area contributed by atoms with Gasteiger partial charge < -0.3 is 9.88 Å². The summed E-state index contributed by atoms with van der Waals surface area (Å²) in [5, 5.41) is 10.2. The summed E-state index contributed by atoms with van der Waals surface area (Å²) >= 11 is 7.76. The second-order valence-corrected chi connectivity index (χ2v) is 8.22. The Bertz CT molecular complexity index is 1160. The lowest BCUT2D eigenvalue weighted by atomic mass is 10.2. The third kappa shape index (κ3) is 4.44. The number of nitrogens with zero attached hydrogens (tertiary/aromatic N) is 5. The first kappa shape index (κ1) is 20.3. The van der Waals surface area contributed by atoms with Gasteiger partial charge in [0.25, 0.3) is 0 Å². The zero-order valence-electron chi connectivity index (χ0n) is 16.7. The molecule has 0 spiro atoms. The number of hydrogen-bond donors (Lipinski definition) is 1. The summed E-state index contributed by atoms with van der Waals surface area (Å²) in [6.07, 6.45) is 3.35. The lowest BCUT2D eigenvalue weighted by Crippen LogP contribution is -2.14. The highest BCUT2D eigenvalue weighted by molar-refractivity contribution is 7.14. The van der Waals surface area contributed by atoms with Crippen molar-refractivity contribution in [1.82, 2.24) is 24.3 Å². The standard InChI is InChI=1S/C21H21ClN6OS/c1-14-9-17(15(2)28(14)10-16-5-3-4-6-18(16)22)19-11-30-21(25-19)26-20(29)7-8-27-13-23-12-24-27/h3-6,9,11-13H,7-8,10H2,1-2H3,(H,25,26,29). The molecule has 1 aromatic carbocycles. The first-order valence-electron chi connectivity index (χ1n) is 9.49. The Morgan fingerprint density at radius 3 is 2.87 bits per heavy atom. The summed E-state index contributed by atoms with van der Waals surface area (Å²) in [5.41, 5.74) is 5.23. The molecule has 1 amide bonds. The van der Waals surface area contributed by atoms with Crippen molar-refractivity contribution in [3.05, 3.63) is 70.3 Å². The Balaban J connectivity index is 1.47. The summed E-state index contributed by atoms with van der Waals surface area (Å²) in [7, 11) is 0. The van der Waals surface area contributed by atoms with E-state index in [4.69, 9.17) is 11.6 Å². The molecule has 0 saturated carbocycles. The van der Waals surface area contributed by atoms with Crippen molar-refractivity contribution in [3.8, 4) is 11.3 Å². The third-order valence-electron chi connectivity index (χ3n) is 4.92. The van der Waals surface area contributed by atoms with E-state index in [1.807, 2.05) is 29.6 Å². The van der Waals surface area contributed by atoms with Crippen LogP contribution in [0.15, 0.2) is 48.4 Å². The van der Waals surface area contributed by atoms with Crippen molar-refractivity contribution >= 4 is 34.0 Å². The van der Waals surface area contributed by atoms with Gasteiger partial charge in [0.05, 0.1) is 12.2 Å². The third-order valence-corrected chi connectivity index (χ3v) is 6.05. The SMILES string of the molecule is Cc1cc(-c2csc(NC(=O)CCn3cncn3)n2)c(C)n1Cc1ccccc1Cl. The molecule has 0 aliphatic carbocycles. The number of hydrogen-bond acceptors (Lipinski definition) is 5. The van der Waals surface area contributed by atoms with Gasteiger partial charge in [-0.15, -0.1) is 11.3 Å². The molecule has 9 heteroatoms. The molecule has 7 nitrogen and oxygen atoms in total. The summed E-state index contributed by atoms with van der Waals surface area (Å²) < 4.78 is 3.85. The molecular formula is C21H21ClN6OS. The summed E-state index contributed by atoms with van der Waals surface area (Å²) in [4.78, 5) is 20.7. The van der Waals surface area contributed by atoms with Gasteiger partial charge >= 0.3 is 0 Å². The predicted octanol–water partition coefficient (Wildman–Crippen LogP) is 4.55. The molecule has 0 saturated heterocycles. The Morgan fingerprint density at radius 2 is 2.10 bits per heavy atom. The highest BCUT2D eigenvalue weighted by Crippen LogP contribution is 2.31. The fourth-order valence-corrected chi connectivity index (χ4v) is 4.22. The van der Waals surface area contributed by atoms with Gasteiger partial charge in [-0.2, -0.15) is 5.10 Å². The molecule has 4 aromatic rings. The maximum atomic E-state index is 12.2. The van der Waals surface area contributed by atoms with E-state index >= 15 is 0 Å². The van der Waals surface area contributed by atoms with E-state index in [0.717, 1.165) is 33.2 Å². The number of amides is 1. The first-order valence-corrected chi connectivity index (χ1v) is 10.8. The van der Waals surface area contributed by atoms with Crippen LogP contribution in [0.5, 0.6) is 0 Å². The number of aryl methyl sites for hydroxylation is 2. The van der Waals surface area contributed by atoms with Crippen molar-refractivity contribution in [1.29, 1.82) is 0 Å². The molecule has 0 fully saturated rings. The molecule has 3 heterocycles. The van der Waals surface area contributed by atoms with E-state index in [-0.39, 0.29) is 5.91 Å². The molecule has 154 valence electrons. The number of rotatable bonds is 7. The van der Waals surface area contributed by atoms with E-state index in [9.17, 15) is 4.79 Å². The minimum atomic E-state index is -0.101. The van der Waals surface area contributed by atoms with Gasteiger partial charge in [-0.05, 0) is 31.5 Å². The lowest BCUT2D eigenvalue weighted by molar-refractivity contribution is -0.116. The van der Waals surface area contributed by atoms with Crippen LogP contribution in [0.25, 0.3) is 11.3 Å². The number of carbonyl (C=O) groups excluding carboxylic acids is 1. The number of nitrogens with one attached hydrogen (secondary N) is 1. The largest absolute Gasteiger partial charge is 0.344 e. The van der Waals surface area contributed by atoms with E-state index < -0.39 is 0 Å². The minimum Gasteiger partial charge on any atom is -0.344 e. The number of thiazole rings is 1. The molecule has 1 N–H and O–H groups in total. The Morgan fingerprint density at radius 1 is 1.27 bits per heavy atom. The Hall–Kier alpha value is -2.97. The minimum absolute atomic E-state index is 0.101. The van der Waals surface area contributed by atoms with Crippen molar-refractivity contribution in [2.75, 3.05) is 5.32 Å². The number of benzene rings is 1. The van der Waals surface area contributed by atoms with Crippen molar-refractivity contribution in [2.24, 2.45) is 0 Å². The van der Waals surface area contributed by atoms with Crippen LogP contribution in [0.1, 0.15) is 23.4 Å². The van der Waals surface area contributed by atoms with E-state index in [1.165, 1.54) is 17.7 Å². The quantitative estimate of drug-likeness (QED) is 0.457. The molecule has 0 atom stereocenters. The topological polar surface area (TPSA) is 77.6 Å². The van der Waals surface area contributed by atoms with Gasteiger partial charge in [-0.3, -0.25) is 9.48 Å². The maximum Gasteiger partial charge on any atom is 0.228 e. The number of anilines is 1. The molecule has 4 rings (SSSR count). The molecule has 0 bridgehead atoms. The molecule has 30 heavy (non-hydrogen) atoms. The Kier molecular flexibility index (Phi) is 5.96. The zero-order valence-corrected chi connectivity index (χ0v) is 18.2. The molecule has 3 aromatic heterocycles. The average Bonchev–Trinajstić information content (AvgIpc) is 3.46. The normalized spacial score (nSPS) is 11.0. The predicted molar refractivity (Wildman–Crippen MR) is 119 cm³/mol. The van der Waals surface area contributed by atoms with Gasteiger partial charge in [0.15, 0.2) is 5.13 Å². The van der Waals surface area contributed by atoms with Gasteiger partial charge in [-0.25, -0.2) is 9.97 Å². The van der Waals surface area contributed by atoms with Crippen molar-refractivity contribution in [3.63, 3.8) is 0 Å². The molecule has 0 radical (unpaired) electrons. The van der Waals surface area contributed by atoms with Crippen LogP contribution < -0.4 is 5.32 Å². The number of halogens is 1.